The van der Waals surface area contributed by atoms with Crippen LogP contribution in [0.3, 0.4) is 0 Å². The Morgan fingerprint density at radius 3 is 0.914 bits per heavy atom. The van der Waals surface area contributed by atoms with Crippen LogP contribution in [0.4, 0.5) is 34.1 Å². The van der Waals surface area contributed by atoms with E-state index in [0.717, 1.165) is 48.4 Å². The summed E-state index contributed by atoms with van der Waals surface area (Å²) in [7, 11) is 0. The lowest BCUT2D eigenvalue weighted by molar-refractivity contribution is 0.333. The minimum atomic E-state index is -0.0106. The maximum Gasteiger partial charge on any atom is 0.0546 e. The summed E-state index contributed by atoms with van der Waals surface area (Å²) in [5, 5.41) is 7.66. The van der Waals surface area contributed by atoms with Gasteiger partial charge in [0.25, 0.3) is 0 Å². The second kappa shape index (κ2) is 16.2. The molecule has 0 atom stereocenters. The van der Waals surface area contributed by atoms with E-state index >= 15 is 0 Å². The van der Waals surface area contributed by atoms with Crippen LogP contribution >= 0.6 is 0 Å². The molecule has 0 heterocycles. The lowest BCUT2D eigenvalue weighted by Crippen LogP contribution is -2.34. The van der Waals surface area contributed by atoms with Crippen LogP contribution in [0, 0.1) is 0 Å². The Morgan fingerprint density at radius 2 is 0.586 bits per heavy atom. The summed E-state index contributed by atoms with van der Waals surface area (Å²) in [6, 6.07) is 73.2. The van der Waals surface area contributed by atoms with Gasteiger partial charge < -0.3 is 9.80 Å². The van der Waals surface area contributed by atoms with Crippen LogP contribution in [0.25, 0.3) is 54.6 Å². The normalized spacial score (nSPS) is 16.5. The molecule has 0 saturated heterocycles. The molecule has 12 rings (SSSR count). The molecule has 0 N–H and O–H groups in total. The van der Waals surface area contributed by atoms with Gasteiger partial charge in [0.1, 0.15) is 0 Å². The maximum atomic E-state index is 2.54. The fourth-order valence-corrected chi connectivity index (χ4v) is 12.8. The van der Waals surface area contributed by atoms with Gasteiger partial charge in [-0.1, -0.05) is 189 Å². The third kappa shape index (κ3) is 6.97. The van der Waals surface area contributed by atoms with Crippen LogP contribution in [0.2, 0.25) is 0 Å². The van der Waals surface area contributed by atoms with Gasteiger partial charge in [-0.15, -0.1) is 0 Å². The molecule has 0 aromatic heterocycles. The number of fused-ring (bicyclic) bond motifs is 2. The second-order valence-electron chi connectivity index (χ2n) is 23.0. The zero-order valence-corrected chi connectivity index (χ0v) is 42.2. The van der Waals surface area contributed by atoms with Crippen LogP contribution in [0.15, 0.2) is 194 Å². The standard InChI is InChI=1S/C68H64N2/c1-65(2)39-41-67(5,6)63-51(31-21-33-57(63)65)55-43-59(69(45-23-13-9-14-24-45)46-25-15-10-16-26-46)53-38-36-50-56(52-32-22-34-58-64(52)68(7,8)42-40-66(58,3)4)44-60(54-37-35-49(55)61(53)62(50)54)70(47-27-17-11-18-28-47)48-29-19-12-20-30-48/h9-38,43-44H,39-42H2,1-8H3. The van der Waals surface area contributed by atoms with Gasteiger partial charge in [-0.3, -0.25) is 0 Å². The van der Waals surface area contributed by atoms with Crippen molar-refractivity contribution in [2.75, 3.05) is 9.80 Å². The van der Waals surface area contributed by atoms with E-state index < -0.39 is 0 Å². The molecule has 10 aromatic rings. The molecule has 0 radical (unpaired) electrons. The Kier molecular flexibility index (Phi) is 10.2. The van der Waals surface area contributed by atoms with Crippen molar-refractivity contribution >= 4 is 66.4 Å². The zero-order chi connectivity index (χ0) is 48.2. The number of para-hydroxylation sites is 4. The smallest absolute Gasteiger partial charge is 0.0546 e. The van der Waals surface area contributed by atoms with Crippen molar-refractivity contribution in [3.8, 4) is 22.3 Å². The van der Waals surface area contributed by atoms with Crippen LogP contribution in [0.5, 0.6) is 0 Å². The Balaban J connectivity index is 1.29. The molecule has 0 amide bonds. The first-order valence-electron chi connectivity index (χ1n) is 25.6. The molecule has 70 heavy (non-hydrogen) atoms. The molecule has 0 unspecified atom stereocenters. The number of rotatable bonds is 8. The monoisotopic (exact) mass is 909 g/mol. The quantitative estimate of drug-likeness (QED) is 0.140. The van der Waals surface area contributed by atoms with Crippen molar-refractivity contribution in [2.45, 2.75) is 103 Å². The Hall–Kier alpha value is -7.16. The summed E-state index contributed by atoms with van der Waals surface area (Å²) in [5.41, 5.74) is 18.2. The molecule has 0 aliphatic heterocycles. The van der Waals surface area contributed by atoms with Crippen molar-refractivity contribution in [3.63, 3.8) is 0 Å². The van der Waals surface area contributed by atoms with E-state index in [1.807, 2.05) is 0 Å². The van der Waals surface area contributed by atoms with Crippen molar-refractivity contribution in [3.05, 3.63) is 216 Å². The first-order chi connectivity index (χ1) is 33.7. The van der Waals surface area contributed by atoms with E-state index in [1.54, 1.807) is 0 Å². The van der Waals surface area contributed by atoms with E-state index in [9.17, 15) is 0 Å². The molecular formula is C68H64N2. The van der Waals surface area contributed by atoms with Gasteiger partial charge in [-0.2, -0.15) is 0 Å². The fraction of sp³-hybridized carbons (Fsp3) is 0.235. The largest absolute Gasteiger partial charge is 0.310 e. The lowest BCUT2D eigenvalue weighted by atomic mass is 9.61. The summed E-state index contributed by atoms with van der Waals surface area (Å²) < 4.78 is 0. The van der Waals surface area contributed by atoms with E-state index in [4.69, 9.17) is 0 Å². The minimum Gasteiger partial charge on any atom is -0.310 e. The number of hydrogen-bond donors (Lipinski definition) is 0. The van der Waals surface area contributed by atoms with E-state index in [2.05, 4.69) is 259 Å². The number of hydrogen-bond acceptors (Lipinski definition) is 2. The van der Waals surface area contributed by atoms with Gasteiger partial charge in [-0.05, 0) is 163 Å². The van der Waals surface area contributed by atoms with Gasteiger partial charge in [0.2, 0.25) is 0 Å². The number of nitrogens with zero attached hydrogens (tertiary/aromatic N) is 2. The van der Waals surface area contributed by atoms with E-state index in [0.29, 0.717) is 0 Å². The molecule has 0 fully saturated rings. The van der Waals surface area contributed by atoms with Crippen molar-refractivity contribution in [1.82, 2.24) is 0 Å². The van der Waals surface area contributed by atoms with Crippen LogP contribution in [-0.2, 0) is 21.7 Å². The van der Waals surface area contributed by atoms with Gasteiger partial charge in [-0.25, -0.2) is 0 Å². The fourth-order valence-electron chi connectivity index (χ4n) is 12.8. The first-order valence-corrected chi connectivity index (χ1v) is 25.6. The third-order valence-corrected chi connectivity index (χ3v) is 16.7. The van der Waals surface area contributed by atoms with E-state index in [-0.39, 0.29) is 21.7 Å². The molecule has 346 valence electrons. The first kappa shape index (κ1) is 44.1. The summed E-state index contributed by atoms with van der Waals surface area (Å²) in [6.45, 7) is 19.7. The highest BCUT2D eigenvalue weighted by atomic mass is 15.1. The highest BCUT2D eigenvalue weighted by Gasteiger charge is 2.41. The van der Waals surface area contributed by atoms with Crippen molar-refractivity contribution in [2.24, 2.45) is 0 Å². The molecule has 0 spiro atoms. The van der Waals surface area contributed by atoms with Gasteiger partial charge >= 0.3 is 0 Å². The molecule has 0 saturated carbocycles. The maximum absolute atomic E-state index is 2.54. The number of benzene rings is 10. The second-order valence-corrected chi connectivity index (χ2v) is 23.0. The average Bonchev–Trinajstić information content (AvgIpc) is 3.38. The van der Waals surface area contributed by atoms with Crippen LogP contribution < -0.4 is 9.80 Å². The molecule has 2 aliphatic rings. The minimum absolute atomic E-state index is 0.0106. The highest BCUT2D eigenvalue weighted by Crippen LogP contribution is 2.57. The Morgan fingerprint density at radius 1 is 0.286 bits per heavy atom. The average molecular weight is 909 g/mol. The summed E-state index contributed by atoms with van der Waals surface area (Å²) >= 11 is 0. The molecule has 10 aromatic carbocycles. The topological polar surface area (TPSA) is 6.48 Å². The van der Waals surface area contributed by atoms with Crippen molar-refractivity contribution < 1.29 is 0 Å². The van der Waals surface area contributed by atoms with Crippen LogP contribution in [0.1, 0.15) is 103 Å². The molecule has 2 aliphatic carbocycles. The van der Waals surface area contributed by atoms with Gasteiger partial charge in [0.15, 0.2) is 0 Å². The SMILES string of the molecule is CC1(C)CCC(C)(C)c2c(-c3cc(N(c4ccccc4)c4ccccc4)c4ccc5c(-c6cccc7c6C(C)(C)CCC7(C)C)cc(N(c6ccccc6)c6ccccc6)c6ccc3c4c56)cccc21. The molecule has 2 heteroatoms. The summed E-state index contributed by atoms with van der Waals surface area (Å²) in [6.07, 6.45) is 4.61. The molecular weight excluding hydrogens is 845 g/mol. The predicted molar refractivity (Wildman–Crippen MR) is 301 cm³/mol. The van der Waals surface area contributed by atoms with Crippen LogP contribution in [-0.4, -0.2) is 0 Å². The number of anilines is 6. The molecule has 2 nitrogen and oxygen atoms in total. The summed E-state index contributed by atoms with van der Waals surface area (Å²) in [5.74, 6) is 0. The summed E-state index contributed by atoms with van der Waals surface area (Å²) in [4.78, 5) is 5.00. The Labute approximate surface area is 415 Å². The van der Waals surface area contributed by atoms with Crippen molar-refractivity contribution in [1.29, 1.82) is 0 Å². The van der Waals surface area contributed by atoms with Gasteiger partial charge in [0, 0.05) is 44.3 Å². The zero-order valence-electron chi connectivity index (χ0n) is 42.2. The van der Waals surface area contributed by atoms with E-state index in [1.165, 1.54) is 88.2 Å². The molecule has 0 bridgehead atoms. The van der Waals surface area contributed by atoms with Gasteiger partial charge in [0.05, 0.1) is 11.4 Å². The lowest BCUT2D eigenvalue weighted by Gasteiger charge is -2.43. The third-order valence-electron chi connectivity index (χ3n) is 16.7. The highest BCUT2D eigenvalue weighted by molar-refractivity contribution is 6.32. The Bertz CT molecular complexity index is 3260. The predicted octanol–water partition coefficient (Wildman–Crippen LogP) is 19.6.